The Morgan fingerprint density at radius 1 is 1.09 bits per heavy atom. The van der Waals surface area contributed by atoms with E-state index in [1.807, 2.05) is 48.0 Å². The second-order valence-corrected chi connectivity index (χ2v) is 8.82. The van der Waals surface area contributed by atoms with E-state index >= 15 is 0 Å². The Labute approximate surface area is 194 Å². The van der Waals surface area contributed by atoms with Gasteiger partial charge in [-0.3, -0.25) is 4.79 Å². The van der Waals surface area contributed by atoms with Crippen LogP contribution in [0.15, 0.2) is 84.1 Å². The minimum Gasteiger partial charge on any atom is -0.325 e. The van der Waals surface area contributed by atoms with Gasteiger partial charge in [0.15, 0.2) is 0 Å². The van der Waals surface area contributed by atoms with Crippen LogP contribution in [0.4, 0.5) is 5.69 Å². The Morgan fingerprint density at radius 3 is 2.84 bits per heavy atom. The van der Waals surface area contributed by atoms with Crippen LogP contribution in [0, 0.1) is 6.92 Å². The van der Waals surface area contributed by atoms with Gasteiger partial charge in [-0.15, -0.1) is 0 Å². The second kappa shape index (κ2) is 8.65. The zero-order chi connectivity index (χ0) is 22.1. The van der Waals surface area contributed by atoms with Gasteiger partial charge < -0.3 is 5.32 Å². The largest absolute Gasteiger partial charge is 0.325 e. The third-order valence-electron chi connectivity index (χ3n) is 5.23. The summed E-state index contributed by atoms with van der Waals surface area (Å²) in [5.41, 5.74) is 4.49. The molecule has 5 rings (SSSR count). The van der Waals surface area contributed by atoms with Gasteiger partial charge in [0, 0.05) is 28.7 Å². The normalized spacial score (nSPS) is 11.2. The first-order valence-electron chi connectivity index (χ1n) is 10.1. The Bertz CT molecular complexity index is 1460. The monoisotopic (exact) mass is 458 g/mol. The summed E-state index contributed by atoms with van der Waals surface area (Å²) in [4.78, 5) is 17.0. The lowest BCUT2D eigenvalue weighted by Crippen LogP contribution is -2.15. The molecule has 0 saturated heterocycles. The highest BCUT2D eigenvalue weighted by molar-refractivity contribution is 8.00. The Hall–Kier alpha value is -3.35. The first-order chi connectivity index (χ1) is 15.6. The molecule has 1 N–H and O–H groups in total. The number of nitrogens with one attached hydrogen (secondary N) is 1. The summed E-state index contributed by atoms with van der Waals surface area (Å²) < 4.78 is 1.81. The van der Waals surface area contributed by atoms with Crippen molar-refractivity contribution in [2.75, 3.05) is 11.1 Å². The molecule has 0 radical (unpaired) electrons. The standard InChI is InChI=1S/C25H19ClN4OS/c1-16-9-10-18(26)13-21(16)28-24(31)15-32-25-23-14-22(29-30(23)12-11-27-25)20-8-4-6-17-5-2-3-7-19(17)20/h2-14H,15H2,1H3,(H,28,31). The zero-order valence-electron chi connectivity index (χ0n) is 17.2. The summed E-state index contributed by atoms with van der Waals surface area (Å²) in [6.45, 7) is 1.93. The first-order valence-corrected chi connectivity index (χ1v) is 11.5. The minimum absolute atomic E-state index is 0.113. The van der Waals surface area contributed by atoms with Crippen LogP contribution in [0.3, 0.4) is 0 Å². The van der Waals surface area contributed by atoms with Crippen LogP contribution in [0.2, 0.25) is 5.02 Å². The molecule has 3 aromatic carbocycles. The average molecular weight is 459 g/mol. The molecule has 0 unspecified atom stereocenters. The number of benzene rings is 3. The summed E-state index contributed by atoms with van der Waals surface area (Å²) in [6, 6.07) is 21.9. The van der Waals surface area contributed by atoms with Crippen LogP contribution < -0.4 is 5.32 Å². The molecule has 0 saturated carbocycles. The van der Waals surface area contributed by atoms with Crippen LogP contribution in [0.5, 0.6) is 0 Å². The lowest BCUT2D eigenvalue weighted by Gasteiger charge is -2.08. The number of thioether (sulfide) groups is 1. The number of nitrogens with zero attached hydrogens (tertiary/aromatic N) is 3. The van der Waals surface area contributed by atoms with Crippen LogP contribution in [-0.4, -0.2) is 26.3 Å². The van der Waals surface area contributed by atoms with Crippen LogP contribution in [-0.2, 0) is 4.79 Å². The SMILES string of the molecule is Cc1ccc(Cl)cc1NC(=O)CSc1nccn2nc(-c3cccc4ccccc34)cc12. The highest BCUT2D eigenvalue weighted by Crippen LogP contribution is 2.31. The summed E-state index contributed by atoms with van der Waals surface area (Å²) in [6.07, 6.45) is 3.53. The number of carbonyl (C=O) groups is 1. The number of anilines is 1. The molecule has 7 heteroatoms. The van der Waals surface area contributed by atoms with Gasteiger partial charge in [-0.25, -0.2) is 9.50 Å². The fourth-order valence-corrected chi connectivity index (χ4v) is 4.59. The van der Waals surface area contributed by atoms with Gasteiger partial charge in [0.2, 0.25) is 5.91 Å². The summed E-state index contributed by atoms with van der Waals surface area (Å²) in [7, 11) is 0. The molecule has 5 nitrogen and oxygen atoms in total. The van der Waals surface area contributed by atoms with Gasteiger partial charge in [-0.05, 0) is 41.5 Å². The van der Waals surface area contributed by atoms with Crippen LogP contribution >= 0.6 is 23.4 Å². The molecule has 2 heterocycles. The smallest absolute Gasteiger partial charge is 0.234 e. The number of carbonyl (C=O) groups excluding carboxylic acids is 1. The van der Waals surface area contributed by atoms with E-state index in [0.29, 0.717) is 5.02 Å². The predicted molar refractivity (Wildman–Crippen MR) is 131 cm³/mol. The Morgan fingerprint density at radius 2 is 1.94 bits per heavy atom. The van der Waals surface area contributed by atoms with E-state index < -0.39 is 0 Å². The minimum atomic E-state index is -0.113. The van der Waals surface area contributed by atoms with Crippen molar-refractivity contribution in [2.24, 2.45) is 0 Å². The maximum absolute atomic E-state index is 12.5. The van der Waals surface area contributed by atoms with Crippen molar-refractivity contribution in [3.8, 4) is 11.3 Å². The molecular weight excluding hydrogens is 440 g/mol. The molecule has 0 fully saturated rings. The number of halogens is 1. The number of aromatic nitrogens is 3. The molecule has 5 aromatic rings. The van der Waals surface area contributed by atoms with E-state index in [0.717, 1.165) is 38.4 Å². The van der Waals surface area contributed by atoms with E-state index in [9.17, 15) is 4.79 Å². The molecule has 0 aliphatic heterocycles. The number of fused-ring (bicyclic) bond motifs is 2. The number of hydrogen-bond donors (Lipinski definition) is 1. The topological polar surface area (TPSA) is 59.3 Å². The second-order valence-electron chi connectivity index (χ2n) is 7.41. The van der Waals surface area contributed by atoms with Crippen molar-refractivity contribution in [1.29, 1.82) is 0 Å². The van der Waals surface area contributed by atoms with Crippen molar-refractivity contribution >= 4 is 51.2 Å². The maximum Gasteiger partial charge on any atom is 0.234 e. The quantitative estimate of drug-likeness (QED) is 0.316. The third-order valence-corrected chi connectivity index (χ3v) is 6.46. The maximum atomic E-state index is 12.5. The number of amides is 1. The van der Waals surface area contributed by atoms with E-state index in [4.69, 9.17) is 16.7 Å². The van der Waals surface area contributed by atoms with E-state index in [2.05, 4.69) is 34.6 Å². The van der Waals surface area contributed by atoms with Crippen LogP contribution in [0.25, 0.3) is 27.5 Å². The number of hydrogen-bond acceptors (Lipinski definition) is 4. The molecule has 158 valence electrons. The van der Waals surface area contributed by atoms with Gasteiger partial charge in [-0.1, -0.05) is 71.9 Å². The van der Waals surface area contributed by atoms with Crippen molar-refractivity contribution in [3.05, 3.63) is 89.7 Å². The van der Waals surface area contributed by atoms with Gasteiger partial charge >= 0.3 is 0 Å². The Balaban J connectivity index is 1.40. The van der Waals surface area contributed by atoms with Crippen molar-refractivity contribution in [3.63, 3.8) is 0 Å². The average Bonchev–Trinajstić information content (AvgIpc) is 3.24. The van der Waals surface area contributed by atoms with Crippen molar-refractivity contribution in [2.45, 2.75) is 11.9 Å². The highest BCUT2D eigenvalue weighted by Gasteiger charge is 2.13. The lowest BCUT2D eigenvalue weighted by atomic mass is 10.0. The van der Waals surface area contributed by atoms with Crippen LogP contribution in [0.1, 0.15) is 5.56 Å². The first kappa shape index (κ1) is 20.5. The molecule has 1 amide bonds. The summed E-state index contributed by atoms with van der Waals surface area (Å²) >= 11 is 7.43. The predicted octanol–water partition coefficient (Wildman–Crippen LogP) is 6.24. The number of rotatable bonds is 5. The van der Waals surface area contributed by atoms with Crippen molar-refractivity contribution in [1.82, 2.24) is 14.6 Å². The molecule has 0 atom stereocenters. The van der Waals surface area contributed by atoms with Crippen molar-refractivity contribution < 1.29 is 4.79 Å². The zero-order valence-corrected chi connectivity index (χ0v) is 18.8. The summed E-state index contributed by atoms with van der Waals surface area (Å²) in [5, 5.41) is 11.3. The number of aryl methyl sites for hydroxylation is 1. The molecule has 0 spiro atoms. The molecule has 32 heavy (non-hydrogen) atoms. The fourth-order valence-electron chi connectivity index (χ4n) is 3.64. The molecular formula is C25H19ClN4OS. The fraction of sp³-hybridized carbons (Fsp3) is 0.0800. The third kappa shape index (κ3) is 4.07. The van der Waals surface area contributed by atoms with Gasteiger partial charge in [0.05, 0.1) is 17.0 Å². The molecule has 0 aliphatic rings. The van der Waals surface area contributed by atoms with Gasteiger partial charge in [0.1, 0.15) is 5.03 Å². The Kier molecular flexibility index (Phi) is 5.55. The van der Waals surface area contributed by atoms with E-state index in [1.165, 1.54) is 17.1 Å². The highest BCUT2D eigenvalue weighted by atomic mass is 35.5. The van der Waals surface area contributed by atoms with Gasteiger partial charge in [0.25, 0.3) is 0 Å². The van der Waals surface area contributed by atoms with E-state index in [1.54, 1.807) is 18.3 Å². The van der Waals surface area contributed by atoms with E-state index in [-0.39, 0.29) is 11.7 Å². The van der Waals surface area contributed by atoms with Gasteiger partial charge in [-0.2, -0.15) is 5.10 Å². The molecule has 0 aliphatic carbocycles. The molecule has 2 aromatic heterocycles. The summed E-state index contributed by atoms with van der Waals surface area (Å²) in [5.74, 6) is 0.117. The molecule has 0 bridgehead atoms. The lowest BCUT2D eigenvalue weighted by molar-refractivity contribution is -0.113.